The Kier molecular flexibility index (Phi) is 5.62. The molecule has 1 N–H and O–H groups in total. The molecule has 0 heterocycles. The molecular weight excluding hydrogens is 290 g/mol. The van der Waals surface area contributed by atoms with Gasteiger partial charge in [-0.15, -0.1) is 11.8 Å². The maximum absolute atomic E-state index is 11.0. The topological polar surface area (TPSA) is 80.4 Å². The molecule has 0 radical (unpaired) electrons. The molecule has 0 aliphatic carbocycles. The molecule has 0 fully saturated rings. The Balaban J connectivity index is 2.78. The quantitative estimate of drug-likeness (QED) is 0.641. The fourth-order valence-corrected chi connectivity index (χ4v) is 2.95. The van der Waals surface area contributed by atoms with Gasteiger partial charge in [0.1, 0.15) is 5.25 Å². The van der Waals surface area contributed by atoms with Crippen molar-refractivity contribution in [1.82, 2.24) is 0 Å². The van der Waals surface area contributed by atoms with Crippen molar-refractivity contribution in [1.29, 1.82) is 0 Å². The Morgan fingerprint density at radius 3 is 2.58 bits per heavy atom. The smallest absolute Gasteiger partial charge is 0.316 e. The first kappa shape index (κ1) is 15.8. The molecule has 5 nitrogen and oxygen atoms in total. The molecule has 0 saturated heterocycles. The molecule has 0 spiro atoms. The minimum absolute atomic E-state index is 0.000626. The molecule has 0 bridgehead atoms. The minimum atomic E-state index is -0.863. The van der Waals surface area contributed by atoms with Crippen molar-refractivity contribution in [2.45, 2.75) is 24.9 Å². The van der Waals surface area contributed by atoms with Crippen molar-refractivity contribution in [3.8, 4) is 0 Å². The van der Waals surface area contributed by atoms with Crippen LogP contribution in [0.25, 0.3) is 0 Å². The van der Waals surface area contributed by atoms with Crippen LogP contribution in [0.3, 0.4) is 0 Å². The van der Waals surface area contributed by atoms with Gasteiger partial charge in [-0.3, -0.25) is 14.9 Å². The van der Waals surface area contributed by atoms with Crippen molar-refractivity contribution in [2.75, 3.05) is 0 Å². The highest BCUT2D eigenvalue weighted by atomic mass is 35.5. The molecule has 0 aromatic heterocycles. The van der Waals surface area contributed by atoms with Crippen LogP contribution in [0, 0.1) is 16.0 Å². The second kappa shape index (κ2) is 6.77. The molecule has 1 unspecified atom stereocenters. The first-order chi connectivity index (χ1) is 8.82. The van der Waals surface area contributed by atoms with Crippen LogP contribution in [0.5, 0.6) is 0 Å². The SMILES string of the molecule is CC(C)C(SCc1ccc([N+](=O)[O-])cc1Cl)C(=O)O. The van der Waals surface area contributed by atoms with E-state index in [0.717, 1.165) is 0 Å². The van der Waals surface area contributed by atoms with Crippen molar-refractivity contribution >= 4 is 35.0 Å². The van der Waals surface area contributed by atoms with Crippen molar-refractivity contribution in [3.63, 3.8) is 0 Å². The molecule has 1 aromatic rings. The summed E-state index contributed by atoms with van der Waals surface area (Å²) in [5.41, 5.74) is 0.626. The number of thioether (sulfide) groups is 1. The van der Waals surface area contributed by atoms with Crippen LogP contribution in [-0.2, 0) is 10.5 Å². The highest BCUT2D eigenvalue weighted by molar-refractivity contribution is 7.99. The van der Waals surface area contributed by atoms with Crippen molar-refractivity contribution in [2.24, 2.45) is 5.92 Å². The van der Waals surface area contributed by atoms with Crippen LogP contribution in [-0.4, -0.2) is 21.2 Å². The monoisotopic (exact) mass is 303 g/mol. The Hall–Kier alpha value is -1.27. The fourth-order valence-electron chi connectivity index (χ4n) is 1.50. The van der Waals surface area contributed by atoms with Crippen molar-refractivity contribution in [3.05, 3.63) is 38.9 Å². The minimum Gasteiger partial charge on any atom is -0.480 e. The molecule has 1 atom stereocenters. The van der Waals surface area contributed by atoms with E-state index in [0.29, 0.717) is 11.3 Å². The number of rotatable bonds is 6. The second-order valence-electron chi connectivity index (χ2n) is 4.35. The molecular formula is C12H14ClNO4S. The zero-order valence-electron chi connectivity index (χ0n) is 10.5. The second-order valence-corrected chi connectivity index (χ2v) is 5.88. The van der Waals surface area contributed by atoms with Gasteiger partial charge in [0.05, 0.1) is 9.95 Å². The third-order valence-electron chi connectivity index (χ3n) is 2.51. The lowest BCUT2D eigenvalue weighted by molar-refractivity contribution is -0.384. The van der Waals surface area contributed by atoms with Gasteiger partial charge >= 0.3 is 5.97 Å². The number of nitro groups is 1. The predicted molar refractivity (Wildman–Crippen MR) is 75.7 cm³/mol. The number of benzene rings is 1. The van der Waals surface area contributed by atoms with Crippen LogP contribution >= 0.6 is 23.4 Å². The summed E-state index contributed by atoms with van der Waals surface area (Å²) in [6, 6.07) is 4.21. The maximum atomic E-state index is 11.0. The number of carboxylic acids is 1. The number of nitro benzene ring substituents is 1. The number of non-ortho nitro benzene ring substituents is 1. The van der Waals surface area contributed by atoms with Gasteiger partial charge in [-0.1, -0.05) is 25.4 Å². The summed E-state index contributed by atoms with van der Waals surface area (Å²) in [5, 5.41) is 19.4. The van der Waals surface area contributed by atoms with E-state index < -0.39 is 16.1 Å². The summed E-state index contributed by atoms with van der Waals surface area (Å²) < 4.78 is 0. The summed E-state index contributed by atoms with van der Waals surface area (Å²) >= 11 is 7.22. The molecule has 19 heavy (non-hydrogen) atoms. The number of aliphatic carboxylic acids is 1. The van der Waals surface area contributed by atoms with E-state index in [1.165, 1.54) is 23.9 Å². The van der Waals surface area contributed by atoms with Gasteiger partial charge in [-0.05, 0) is 17.5 Å². The number of halogens is 1. The lowest BCUT2D eigenvalue weighted by Gasteiger charge is -2.15. The standard InChI is InChI=1S/C12H14ClNO4S/c1-7(2)11(12(15)16)19-6-8-3-4-9(14(17)18)5-10(8)13/h3-5,7,11H,6H2,1-2H3,(H,15,16). The summed E-state index contributed by atoms with van der Waals surface area (Å²) in [6.07, 6.45) is 0. The molecule has 0 aliphatic heterocycles. The van der Waals surface area contributed by atoms with E-state index in [1.807, 2.05) is 13.8 Å². The molecule has 0 amide bonds. The van der Waals surface area contributed by atoms with E-state index >= 15 is 0 Å². The van der Waals surface area contributed by atoms with Crippen LogP contribution < -0.4 is 0 Å². The number of carbonyl (C=O) groups is 1. The predicted octanol–water partition coefficient (Wildman–Crippen LogP) is 3.59. The van der Waals surface area contributed by atoms with Gasteiger partial charge in [0, 0.05) is 17.9 Å². The van der Waals surface area contributed by atoms with E-state index in [1.54, 1.807) is 6.07 Å². The van der Waals surface area contributed by atoms with Crippen LogP contribution in [0.1, 0.15) is 19.4 Å². The van der Waals surface area contributed by atoms with Crippen LogP contribution in [0.4, 0.5) is 5.69 Å². The van der Waals surface area contributed by atoms with Crippen LogP contribution in [0.2, 0.25) is 5.02 Å². The molecule has 0 aliphatic rings. The molecule has 7 heteroatoms. The Bertz CT molecular complexity index is 493. The van der Waals surface area contributed by atoms with E-state index in [-0.39, 0.29) is 16.6 Å². The third kappa shape index (κ3) is 4.40. The van der Waals surface area contributed by atoms with Gasteiger partial charge in [-0.2, -0.15) is 0 Å². The third-order valence-corrected chi connectivity index (χ3v) is 4.45. The van der Waals surface area contributed by atoms with E-state index in [2.05, 4.69) is 0 Å². The highest BCUT2D eigenvalue weighted by Crippen LogP contribution is 2.29. The molecule has 1 rings (SSSR count). The van der Waals surface area contributed by atoms with Gasteiger partial charge in [0.2, 0.25) is 0 Å². The van der Waals surface area contributed by atoms with Gasteiger partial charge in [-0.25, -0.2) is 0 Å². The summed E-state index contributed by atoms with van der Waals surface area (Å²) in [5.74, 6) is -0.455. The Morgan fingerprint density at radius 1 is 1.53 bits per heavy atom. The van der Waals surface area contributed by atoms with Crippen LogP contribution in [0.15, 0.2) is 18.2 Å². The van der Waals surface area contributed by atoms with Gasteiger partial charge < -0.3 is 5.11 Å². The molecule has 1 aromatic carbocycles. The molecule has 104 valence electrons. The van der Waals surface area contributed by atoms with E-state index in [9.17, 15) is 14.9 Å². The lowest BCUT2D eigenvalue weighted by atomic mass is 10.1. The maximum Gasteiger partial charge on any atom is 0.316 e. The lowest BCUT2D eigenvalue weighted by Crippen LogP contribution is -2.22. The average molecular weight is 304 g/mol. The zero-order valence-corrected chi connectivity index (χ0v) is 12.1. The van der Waals surface area contributed by atoms with Gasteiger partial charge in [0.15, 0.2) is 0 Å². The largest absolute Gasteiger partial charge is 0.480 e. The van der Waals surface area contributed by atoms with Crippen molar-refractivity contribution < 1.29 is 14.8 Å². The summed E-state index contributed by atoms with van der Waals surface area (Å²) in [4.78, 5) is 21.1. The highest BCUT2D eigenvalue weighted by Gasteiger charge is 2.22. The summed E-state index contributed by atoms with van der Waals surface area (Å²) in [7, 11) is 0. The first-order valence-electron chi connectivity index (χ1n) is 5.60. The number of carboxylic acid groups (broad SMARTS) is 1. The summed E-state index contributed by atoms with van der Waals surface area (Å²) in [6.45, 7) is 3.67. The Morgan fingerprint density at radius 2 is 2.16 bits per heavy atom. The number of hydrogen-bond acceptors (Lipinski definition) is 4. The fraction of sp³-hybridized carbons (Fsp3) is 0.417. The Labute approximate surface area is 120 Å². The zero-order chi connectivity index (χ0) is 14.6. The average Bonchev–Trinajstić information content (AvgIpc) is 2.29. The number of nitrogens with zero attached hydrogens (tertiary/aromatic N) is 1. The normalized spacial score (nSPS) is 12.4. The first-order valence-corrected chi connectivity index (χ1v) is 7.02. The number of hydrogen-bond donors (Lipinski definition) is 1. The van der Waals surface area contributed by atoms with Gasteiger partial charge in [0.25, 0.3) is 5.69 Å². The molecule has 0 saturated carbocycles. The van der Waals surface area contributed by atoms with E-state index in [4.69, 9.17) is 16.7 Å².